The summed E-state index contributed by atoms with van der Waals surface area (Å²) in [6.07, 6.45) is 5.44. The Hall–Kier alpha value is -1.02. The van der Waals surface area contributed by atoms with E-state index in [1.54, 1.807) is 0 Å². The Morgan fingerprint density at radius 2 is 1.95 bits per heavy atom. The molecule has 0 aromatic heterocycles. The molecule has 0 amide bonds. The molecular formula is C18H29NO. The molecule has 2 nitrogen and oxygen atoms in total. The number of benzene rings is 1. The first kappa shape index (κ1) is 15.4. The highest BCUT2D eigenvalue weighted by atomic mass is 16.5. The fraction of sp³-hybridized carbons (Fsp3) is 0.667. The van der Waals surface area contributed by atoms with Crippen molar-refractivity contribution in [3.63, 3.8) is 0 Å². The first-order chi connectivity index (χ1) is 9.74. The van der Waals surface area contributed by atoms with Gasteiger partial charge in [-0.05, 0) is 55.8 Å². The maximum atomic E-state index is 5.65. The van der Waals surface area contributed by atoms with Gasteiger partial charge in [0.05, 0.1) is 6.61 Å². The van der Waals surface area contributed by atoms with Crippen LogP contribution in [0.1, 0.15) is 58.1 Å². The highest BCUT2D eigenvalue weighted by Crippen LogP contribution is 2.37. The van der Waals surface area contributed by atoms with Crippen LogP contribution in [-0.2, 0) is 0 Å². The molecule has 2 heteroatoms. The van der Waals surface area contributed by atoms with Crippen molar-refractivity contribution in [2.24, 2.45) is 11.8 Å². The maximum Gasteiger partial charge on any atom is 0.119 e. The highest BCUT2D eigenvalue weighted by molar-refractivity contribution is 5.31. The van der Waals surface area contributed by atoms with Gasteiger partial charge in [0.1, 0.15) is 5.75 Å². The summed E-state index contributed by atoms with van der Waals surface area (Å²) in [4.78, 5) is 0. The van der Waals surface area contributed by atoms with Gasteiger partial charge in [-0.15, -0.1) is 0 Å². The molecule has 20 heavy (non-hydrogen) atoms. The van der Waals surface area contributed by atoms with Crippen LogP contribution in [0.4, 0.5) is 0 Å². The van der Waals surface area contributed by atoms with Crippen molar-refractivity contribution in [1.29, 1.82) is 0 Å². The molecular weight excluding hydrogens is 246 g/mol. The van der Waals surface area contributed by atoms with Gasteiger partial charge in [0.2, 0.25) is 0 Å². The molecule has 1 fully saturated rings. The van der Waals surface area contributed by atoms with Crippen LogP contribution in [0.3, 0.4) is 0 Å². The topological polar surface area (TPSA) is 21.3 Å². The monoisotopic (exact) mass is 275 g/mol. The lowest BCUT2D eigenvalue weighted by molar-refractivity contribution is 0.232. The van der Waals surface area contributed by atoms with Gasteiger partial charge in [-0.25, -0.2) is 0 Å². The molecule has 0 aliphatic heterocycles. The lowest BCUT2D eigenvalue weighted by Crippen LogP contribution is -2.30. The predicted octanol–water partition coefficient (Wildman–Crippen LogP) is 4.56. The lowest BCUT2D eigenvalue weighted by atomic mass is 9.77. The molecule has 1 aliphatic rings. The molecule has 0 spiro atoms. The summed E-state index contributed by atoms with van der Waals surface area (Å²) in [5.41, 5.74) is 1.39. The van der Waals surface area contributed by atoms with Crippen LogP contribution in [0.15, 0.2) is 24.3 Å². The Morgan fingerprint density at radius 3 is 2.60 bits per heavy atom. The van der Waals surface area contributed by atoms with Crippen LogP contribution in [0.2, 0.25) is 0 Å². The van der Waals surface area contributed by atoms with Crippen molar-refractivity contribution in [2.45, 2.75) is 52.5 Å². The summed E-state index contributed by atoms with van der Waals surface area (Å²) in [5.74, 6) is 2.67. The molecule has 112 valence electrons. The maximum absolute atomic E-state index is 5.65. The molecule has 0 radical (unpaired) electrons. The van der Waals surface area contributed by atoms with Gasteiger partial charge in [-0.2, -0.15) is 0 Å². The van der Waals surface area contributed by atoms with Gasteiger partial charge >= 0.3 is 0 Å². The molecule has 1 N–H and O–H groups in total. The Balaban J connectivity index is 2.12. The normalized spacial score (nSPS) is 24.4. The van der Waals surface area contributed by atoms with Crippen molar-refractivity contribution < 1.29 is 4.74 Å². The van der Waals surface area contributed by atoms with E-state index in [4.69, 9.17) is 4.74 Å². The fourth-order valence-electron chi connectivity index (χ4n) is 3.36. The second-order valence-electron chi connectivity index (χ2n) is 6.06. The first-order valence-corrected chi connectivity index (χ1v) is 8.20. The summed E-state index contributed by atoms with van der Waals surface area (Å²) in [7, 11) is 0. The Morgan fingerprint density at radius 1 is 1.20 bits per heavy atom. The second kappa shape index (κ2) is 7.68. The van der Waals surface area contributed by atoms with Crippen molar-refractivity contribution in [3.05, 3.63) is 29.8 Å². The minimum Gasteiger partial charge on any atom is -0.494 e. The molecule has 1 aromatic rings. The number of ether oxygens (including phenoxy) is 1. The number of rotatable bonds is 6. The van der Waals surface area contributed by atoms with Crippen LogP contribution < -0.4 is 10.1 Å². The van der Waals surface area contributed by atoms with E-state index in [1.807, 2.05) is 6.92 Å². The minimum absolute atomic E-state index is 0.480. The quantitative estimate of drug-likeness (QED) is 0.821. The third-order valence-corrected chi connectivity index (χ3v) is 4.48. The number of hydrogen-bond acceptors (Lipinski definition) is 2. The number of nitrogens with one attached hydrogen (secondary N) is 1. The third kappa shape index (κ3) is 3.99. The van der Waals surface area contributed by atoms with E-state index >= 15 is 0 Å². The smallest absolute Gasteiger partial charge is 0.119 e. The van der Waals surface area contributed by atoms with E-state index in [2.05, 4.69) is 43.4 Å². The highest BCUT2D eigenvalue weighted by Gasteiger charge is 2.26. The zero-order chi connectivity index (χ0) is 14.4. The standard InChI is InChI=1S/C18H29NO/c1-4-19-18(15-11-9-14(3)10-12-15)16-7-6-8-17(13-16)20-5-2/h6-8,13-15,18-19H,4-5,9-12H2,1-3H3. The minimum atomic E-state index is 0.480. The largest absolute Gasteiger partial charge is 0.494 e. The molecule has 0 bridgehead atoms. The van der Waals surface area contributed by atoms with Crippen molar-refractivity contribution in [3.8, 4) is 5.75 Å². The van der Waals surface area contributed by atoms with Crippen LogP contribution in [0, 0.1) is 11.8 Å². The van der Waals surface area contributed by atoms with Gasteiger partial charge in [-0.3, -0.25) is 0 Å². The zero-order valence-electron chi connectivity index (χ0n) is 13.2. The van der Waals surface area contributed by atoms with Gasteiger partial charge in [-0.1, -0.05) is 38.8 Å². The molecule has 0 saturated heterocycles. The zero-order valence-corrected chi connectivity index (χ0v) is 13.2. The molecule has 1 atom stereocenters. The molecule has 2 rings (SSSR count). The van der Waals surface area contributed by atoms with E-state index in [9.17, 15) is 0 Å². The SMILES string of the molecule is CCNC(c1cccc(OCC)c1)C1CCC(C)CC1. The Bertz CT molecular complexity index is 396. The summed E-state index contributed by atoms with van der Waals surface area (Å²) in [5, 5.41) is 3.70. The average Bonchev–Trinajstić information content (AvgIpc) is 2.47. The summed E-state index contributed by atoms with van der Waals surface area (Å²) < 4.78 is 5.65. The lowest BCUT2D eigenvalue weighted by Gasteiger charge is -2.33. The number of hydrogen-bond donors (Lipinski definition) is 1. The predicted molar refractivity (Wildman–Crippen MR) is 85.2 cm³/mol. The summed E-state index contributed by atoms with van der Waals surface area (Å²) in [6, 6.07) is 9.12. The van der Waals surface area contributed by atoms with Crippen molar-refractivity contribution in [2.75, 3.05) is 13.2 Å². The van der Waals surface area contributed by atoms with Gasteiger partial charge in [0.25, 0.3) is 0 Å². The van der Waals surface area contributed by atoms with E-state index in [0.29, 0.717) is 6.04 Å². The van der Waals surface area contributed by atoms with Gasteiger partial charge in [0.15, 0.2) is 0 Å². The van der Waals surface area contributed by atoms with Gasteiger partial charge < -0.3 is 10.1 Å². The third-order valence-electron chi connectivity index (χ3n) is 4.48. The van der Waals surface area contributed by atoms with Crippen LogP contribution >= 0.6 is 0 Å². The fourth-order valence-corrected chi connectivity index (χ4v) is 3.36. The molecule has 1 aromatic carbocycles. The summed E-state index contributed by atoms with van der Waals surface area (Å²) in [6.45, 7) is 8.38. The Kier molecular flexibility index (Phi) is 5.90. The first-order valence-electron chi connectivity index (χ1n) is 8.20. The molecule has 0 heterocycles. The second-order valence-corrected chi connectivity index (χ2v) is 6.06. The molecule has 1 aliphatic carbocycles. The van der Waals surface area contributed by atoms with Crippen LogP contribution in [-0.4, -0.2) is 13.2 Å². The van der Waals surface area contributed by atoms with E-state index < -0.39 is 0 Å². The Labute approximate surface area is 123 Å². The van der Waals surface area contributed by atoms with E-state index in [1.165, 1.54) is 31.2 Å². The summed E-state index contributed by atoms with van der Waals surface area (Å²) >= 11 is 0. The molecule has 1 saturated carbocycles. The van der Waals surface area contributed by atoms with Crippen molar-refractivity contribution >= 4 is 0 Å². The van der Waals surface area contributed by atoms with Crippen LogP contribution in [0.5, 0.6) is 5.75 Å². The molecule has 1 unspecified atom stereocenters. The van der Waals surface area contributed by atoms with E-state index in [0.717, 1.165) is 30.7 Å². The van der Waals surface area contributed by atoms with Gasteiger partial charge in [0, 0.05) is 6.04 Å². The van der Waals surface area contributed by atoms with E-state index in [-0.39, 0.29) is 0 Å². The van der Waals surface area contributed by atoms with Crippen LogP contribution in [0.25, 0.3) is 0 Å². The van der Waals surface area contributed by atoms with Crippen molar-refractivity contribution in [1.82, 2.24) is 5.32 Å². The average molecular weight is 275 g/mol.